The number of ether oxygens (including phenoxy) is 2. The van der Waals surface area contributed by atoms with Gasteiger partial charge < -0.3 is 19.7 Å². The predicted molar refractivity (Wildman–Crippen MR) is 175 cm³/mol. The summed E-state index contributed by atoms with van der Waals surface area (Å²) < 4.78 is 11.7. The Morgan fingerprint density at radius 3 is 1.26 bits per heavy atom. The van der Waals surface area contributed by atoms with Crippen molar-refractivity contribution in [3.63, 3.8) is 0 Å². The lowest BCUT2D eigenvalue weighted by molar-refractivity contribution is 0.304. The molecule has 3 aromatic carbocycles. The van der Waals surface area contributed by atoms with Crippen LogP contribution in [0.1, 0.15) is 102 Å². The summed E-state index contributed by atoms with van der Waals surface area (Å²) in [5, 5.41) is 21.0. The van der Waals surface area contributed by atoms with Crippen molar-refractivity contribution in [2.24, 2.45) is 9.98 Å². The van der Waals surface area contributed by atoms with Crippen LogP contribution in [0.25, 0.3) is 0 Å². The lowest BCUT2D eigenvalue weighted by atomic mass is 10.1. The number of phenols is 2. The fourth-order valence-corrected chi connectivity index (χ4v) is 4.51. The summed E-state index contributed by atoms with van der Waals surface area (Å²) in [6.45, 7) is 5.89. The maximum Gasteiger partial charge on any atom is 0.125 e. The minimum Gasteiger partial charge on any atom is -0.507 e. The van der Waals surface area contributed by atoms with Crippen molar-refractivity contribution >= 4 is 23.8 Å². The molecule has 3 aromatic rings. The van der Waals surface area contributed by atoms with Gasteiger partial charge in [0.05, 0.1) is 24.6 Å². The topological polar surface area (TPSA) is 83.6 Å². The van der Waals surface area contributed by atoms with E-state index < -0.39 is 0 Å². The van der Waals surface area contributed by atoms with E-state index in [0.29, 0.717) is 11.1 Å². The highest BCUT2D eigenvalue weighted by Crippen LogP contribution is 2.27. The van der Waals surface area contributed by atoms with E-state index in [1.165, 1.54) is 88.8 Å². The second-order valence-electron chi connectivity index (χ2n) is 10.7. The third-order valence-electron chi connectivity index (χ3n) is 7.09. The van der Waals surface area contributed by atoms with Gasteiger partial charge in [-0.2, -0.15) is 0 Å². The second-order valence-corrected chi connectivity index (χ2v) is 10.7. The zero-order valence-electron chi connectivity index (χ0n) is 25.4. The average molecular weight is 573 g/mol. The van der Waals surface area contributed by atoms with Gasteiger partial charge in [0, 0.05) is 23.6 Å². The molecule has 0 amide bonds. The van der Waals surface area contributed by atoms with Crippen molar-refractivity contribution in [2.45, 2.75) is 90.9 Å². The quantitative estimate of drug-likeness (QED) is 0.0801. The number of hydrogen-bond donors (Lipinski definition) is 2. The van der Waals surface area contributed by atoms with Gasteiger partial charge in [-0.25, -0.2) is 0 Å². The van der Waals surface area contributed by atoms with Gasteiger partial charge in [0.2, 0.25) is 0 Å². The van der Waals surface area contributed by atoms with Crippen molar-refractivity contribution in [3.05, 3.63) is 71.8 Å². The standard InChI is InChI=1S/C36H48N2O4/c1-3-5-7-9-11-13-23-41-33-19-15-31(16-20-33)37-27-29-25-36(40)30(26-35(29)39)28-38-32-17-21-34(22-18-32)42-24-14-12-10-8-6-4-2/h15-22,25-28,39-40H,3-14,23-24H2,1-2H3. The molecule has 0 atom stereocenters. The van der Waals surface area contributed by atoms with E-state index >= 15 is 0 Å². The third kappa shape index (κ3) is 12.4. The van der Waals surface area contributed by atoms with E-state index in [-0.39, 0.29) is 11.5 Å². The maximum absolute atomic E-state index is 10.5. The fourth-order valence-electron chi connectivity index (χ4n) is 4.51. The molecule has 0 fully saturated rings. The van der Waals surface area contributed by atoms with Gasteiger partial charge in [-0.1, -0.05) is 78.1 Å². The number of aliphatic imine (C=N–C) groups is 2. The van der Waals surface area contributed by atoms with Crippen LogP contribution in [0.2, 0.25) is 0 Å². The lowest BCUT2D eigenvalue weighted by Gasteiger charge is -2.07. The van der Waals surface area contributed by atoms with Gasteiger partial charge in [-0.15, -0.1) is 0 Å². The highest BCUT2D eigenvalue weighted by atomic mass is 16.5. The van der Waals surface area contributed by atoms with Crippen LogP contribution < -0.4 is 9.47 Å². The van der Waals surface area contributed by atoms with Gasteiger partial charge in [-0.05, 0) is 73.5 Å². The zero-order chi connectivity index (χ0) is 29.8. The summed E-state index contributed by atoms with van der Waals surface area (Å²) in [4.78, 5) is 8.87. The van der Waals surface area contributed by atoms with Crippen LogP contribution in [0, 0.1) is 0 Å². The largest absolute Gasteiger partial charge is 0.507 e. The zero-order valence-corrected chi connectivity index (χ0v) is 25.4. The van der Waals surface area contributed by atoms with Crippen molar-refractivity contribution in [3.8, 4) is 23.0 Å². The first-order valence-corrected chi connectivity index (χ1v) is 15.7. The number of rotatable bonds is 20. The molecule has 0 aliphatic heterocycles. The van der Waals surface area contributed by atoms with Crippen LogP contribution in [0.4, 0.5) is 11.4 Å². The van der Waals surface area contributed by atoms with Crippen molar-refractivity contribution in [2.75, 3.05) is 13.2 Å². The molecule has 0 radical (unpaired) electrons. The molecule has 0 saturated carbocycles. The normalized spacial score (nSPS) is 11.5. The Morgan fingerprint density at radius 1 is 0.524 bits per heavy atom. The summed E-state index contributed by atoms with van der Waals surface area (Å²) in [7, 11) is 0. The van der Waals surface area contributed by atoms with E-state index in [9.17, 15) is 10.2 Å². The first kappa shape index (κ1) is 32.7. The molecule has 0 aliphatic rings. The summed E-state index contributed by atoms with van der Waals surface area (Å²) in [5.74, 6) is 1.66. The summed E-state index contributed by atoms with van der Waals surface area (Å²) in [6.07, 6.45) is 17.9. The first-order chi connectivity index (χ1) is 20.6. The highest BCUT2D eigenvalue weighted by Gasteiger charge is 2.07. The molecule has 0 spiro atoms. The maximum atomic E-state index is 10.5. The molecule has 6 heteroatoms. The predicted octanol–water partition coefficient (Wildman–Crippen LogP) is 10.1. The van der Waals surface area contributed by atoms with Crippen molar-refractivity contribution in [1.29, 1.82) is 0 Å². The van der Waals surface area contributed by atoms with Crippen LogP contribution in [0.3, 0.4) is 0 Å². The van der Waals surface area contributed by atoms with E-state index in [1.807, 2.05) is 48.5 Å². The number of aromatic hydroxyl groups is 2. The summed E-state index contributed by atoms with van der Waals surface area (Å²) in [5.41, 5.74) is 2.29. The van der Waals surface area contributed by atoms with Gasteiger partial charge in [0.15, 0.2) is 0 Å². The van der Waals surface area contributed by atoms with Crippen LogP contribution in [-0.4, -0.2) is 35.9 Å². The van der Waals surface area contributed by atoms with Crippen molar-refractivity contribution < 1.29 is 19.7 Å². The fraction of sp³-hybridized carbons (Fsp3) is 0.444. The molecule has 0 aliphatic carbocycles. The molecule has 42 heavy (non-hydrogen) atoms. The van der Waals surface area contributed by atoms with E-state index in [1.54, 1.807) is 0 Å². The molecule has 0 aromatic heterocycles. The molecular weight excluding hydrogens is 524 g/mol. The minimum absolute atomic E-state index is 0.00957. The SMILES string of the molecule is CCCCCCCCOc1ccc(N=Cc2cc(O)c(C=Nc3ccc(OCCCCCCCC)cc3)cc2O)cc1. The molecule has 0 unspecified atom stereocenters. The van der Waals surface area contributed by atoms with E-state index in [2.05, 4.69) is 23.8 Å². The van der Waals surface area contributed by atoms with Crippen molar-refractivity contribution in [1.82, 2.24) is 0 Å². The van der Waals surface area contributed by atoms with Gasteiger partial charge >= 0.3 is 0 Å². The molecule has 0 bridgehead atoms. The Kier molecular flexibility index (Phi) is 15.1. The summed E-state index contributed by atoms with van der Waals surface area (Å²) in [6, 6.07) is 18.0. The van der Waals surface area contributed by atoms with Crippen LogP contribution >= 0.6 is 0 Å². The molecule has 0 heterocycles. The summed E-state index contributed by atoms with van der Waals surface area (Å²) >= 11 is 0. The Hall–Kier alpha value is -3.80. The van der Waals surface area contributed by atoms with E-state index in [0.717, 1.165) is 48.9 Å². The van der Waals surface area contributed by atoms with Gasteiger partial charge in [0.1, 0.15) is 23.0 Å². The number of nitrogens with zero attached hydrogens (tertiary/aromatic N) is 2. The highest BCUT2D eigenvalue weighted by molar-refractivity contribution is 5.91. The number of unbranched alkanes of at least 4 members (excludes halogenated alkanes) is 10. The lowest BCUT2D eigenvalue weighted by Crippen LogP contribution is -1.96. The van der Waals surface area contributed by atoms with Gasteiger partial charge in [0.25, 0.3) is 0 Å². The Labute approximate surface area is 252 Å². The molecule has 0 saturated heterocycles. The monoisotopic (exact) mass is 572 g/mol. The van der Waals surface area contributed by atoms with Crippen LogP contribution in [0.15, 0.2) is 70.6 Å². The molecule has 3 rings (SSSR count). The number of phenolic OH excluding ortho intramolecular Hbond substituents is 2. The van der Waals surface area contributed by atoms with Gasteiger partial charge in [-0.3, -0.25) is 9.98 Å². The second kappa shape index (κ2) is 19.3. The Bertz CT molecular complexity index is 1120. The molecule has 2 N–H and O–H groups in total. The Balaban J connectivity index is 1.46. The smallest absolute Gasteiger partial charge is 0.125 e. The van der Waals surface area contributed by atoms with E-state index in [4.69, 9.17) is 9.47 Å². The molecule has 6 nitrogen and oxygen atoms in total. The van der Waals surface area contributed by atoms with Crippen LogP contribution in [0.5, 0.6) is 23.0 Å². The minimum atomic E-state index is 0.00957. The third-order valence-corrected chi connectivity index (χ3v) is 7.09. The Morgan fingerprint density at radius 2 is 0.881 bits per heavy atom. The first-order valence-electron chi connectivity index (χ1n) is 15.7. The molecule has 226 valence electrons. The number of hydrogen-bond acceptors (Lipinski definition) is 6. The molecular formula is C36H48N2O4. The van der Waals surface area contributed by atoms with Crippen LogP contribution in [-0.2, 0) is 0 Å². The number of benzene rings is 3. The average Bonchev–Trinajstić information content (AvgIpc) is 3.01.